The van der Waals surface area contributed by atoms with E-state index in [0.717, 1.165) is 31.2 Å². The summed E-state index contributed by atoms with van der Waals surface area (Å²) >= 11 is 6.19. The van der Waals surface area contributed by atoms with Crippen LogP contribution < -0.4 is 5.32 Å². The fourth-order valence-corrected chi connectivity index (χ4v) is 3.27. The van der Waals surface area contributed by atoms with Gasteiger partial charge in [0, 0.05) is 11.6 Å². The van der Waals surface area contributed by atoms with Gasteiger partial charge in [-0.05, 0) is 49.9 Å². The van der Waals surface area contributed by atoms with Crippen LogP contribution in [0.3, 0.4) is 0 Å². The lowest BCUT2D eigenvalue weighted by Gasteiger charge is -2.27. The van der Waals surface area contributed by atoms with Crippen LogP contribution in [0.1, 0.15) is 25.7 Å². The van der Waals surface area contributed by atoms with Crippen LogP contribution in [-0.4, -0.2) is 29.1 Å². The van der Waals surface area contributed by atoms with Gasteiger partial charge in [0.2, 0.25) is 5.95 Å². The van der Waals surface area contributed by atoms with Crippen LogP contribution >= 0.6 is 11.6 Å². The molecular weight excluding hydrogens is 345 g/mol. The highest BCUT2D eigenvalue weighted by Crippen LogP contribution is 2.29. The van der Waals surface area contributed by atoms with Crippen molar-refractivity contribution in [3.63, 3.8) is 0 Å². The van der Waals surface area contributed by atoms with E-state index in [1.165, 1.54) is 25.4 Å². The van der Waals surface area contributed by atoms with E-state index in [-0.39, 0.29) is 23.7 Å². The molecule has 1 aromatic carbocycles. The first-order chi connectivity index (χ1) is 12.1. The molecule has 0 atom stereocenters. The van der Waals surface area contributed by atoms with Gasteiger partial charge in [0.1, 0.15) is 5.82 Å². The molecule has 3 rings (SSSR count). The van der Waals surface area contributed by atoms with E-state index in [1.807, 2.05) is 0 Å². The average molecular weight is 364 g/mol. The molecule has 0 radical (unpaired) electrons. The highest BCUT2D eigenvalue weighted by molar-refractivity contribution is 6.32. The van der Waals surface area contributed by atoms with Crippen LogP contribution in [0.4, 0.5) is 10.3 Å². The number of nitrogens with zero attached hydrogens (tertiary/aromatic N) is 2. The molecular formula is C18H19ClFN3O2. The number of nitrogens with one attached hydrogen (secondary N) is 1. The smallest absolute Gasteiger partial charge is 0.308 e. The fourth-order valence-electron chi connectivity index (χ4n) is 3.07. The van der Waals surface area contributed by atoms with Gasteiger partial charge in [0.25, 0.3) is 0 Å². The Morgan fingerprint density at radius 3 is 2.56 bits per heavy atom. The molecule has 0 saturated heterocycles. The molecule has 0 spiro atoms. The number of hydrogen-bond acceptors (Lipinski definition) is 5. The van der Waals surface area contributed by atoms with E-state index in [0.29, 0.717) is 16.7 Å². The minimum absolute atomic E-state index is 0.0241. The second-order valence-corrected chi connectivity index (χ2v) is 6.52. The fraction of sp³-hybridized carbons (Fsp3) is 0.389. The van der Waals surface area contributed by atoms with Crippen molar-refractivity contribution in [3.05, 3.63) is 41.3 Å². The van der Waals surface area contributed by atoms with E-state index < -0.39 is 0 Å². The maximum absolute atomic E-state index is 13.1. The van der Waals surface area contributed by atoms with Gasteiger partial charge in [-0.1, -0.05) is 11.6 Å². The van der Waals surface area contributed by atoms with Crippen molar-refractivity contribution in [2.45, 2.75) is 31.7 Å². The number of anilines is 1. The lowest BCUT2D eigenvalue weighted by molar-refractivity contribution is -0.146. The second-order valence-electron chi connectivity index (χ2n) is 6.11. The molecule has 1 heterocycles. The molecule has 0 unspecified atom stereocenters. The zero-order valence-electron chi connectivity index (χ0n) is 13.8. The van der Waals surface area contributed by atoms with E-state index in [9.17, 15) is 9.18 Å². The standard InChI is InChI=1S/C18H19ClFN3O2/c1-25-17(24)12-4-8-14(9-5-12)22-18-21-10-15(19)16(23-18)11-2-6-13(20)7-3-11/h2-3,6-7,10,12,14H,4-5,8-9H2,1H3,(H,21,22,23). The third kappa shape index (κ3) is 4.25. The van der Waals surface area contributed by atoms with Crippen LogP contribution in [-0.2, 0) is 9.53 Å². The lowest BCUT2D eigenvalue weighted by Crippen LogP contribution is -2.30. The van der Waals surface area contributed by atoms with E-state index in [4.69, 9.17) is 16.3 Å². The van der Waals surface area contributed by atoms with Gasteiger partial charge >= 0.3 is 5.97 Å². The summed E-state index contributed by atoms with van der Waals surface area (Å²) in [6.07, 6.45) is 4.79. The van der Waals surface area contributed by atoms with Gasteiger partial charge in [-0.25, -0.2) is 14.4 Å². The average Bonchev–Trinajstić information content (AvgIpc) is 2.64. The first-order valence-electron chi connectivity index (χ1n) is 8.19. The monoisotopic (exact) mass is 363 g/mol. The molecule has 1 N–H and O–H groups in total. The first-order valence-corrected chi connectivity index (χ1v) is 8.57. The third-order valence-corrected chi connectivity index (χ3v) is 4.73. The Kier molecular flexibility index (Phi) is 5.48. The topological polar surface area (TPSA) is 64.1 Å². The lowest BCUT2D eigenvalue weighted by atomic mass is 9.86. The van der Waals surface area contributed by atoms with Gasteiger partial charge in [0.05, 0.1) is 29.9 Å². The predicted octanol–water partition coefficient (Wildman–Crippen LogP) is 4.08. The number of rotatable bonds is 4. The Bertz CT molecular complexity index is 746. The van der Waals surface area contributed by atoms with E-state index >= 15 is 0 Å². The van der Waals surface area contributed by atoms with Crippen molar-refractivity contribution in [1.82, 2.24) is 9.97 Å². The van der Waals surface area contributed by atoms with Crippen molar-refractivity contribution >= 4 is 23.5 Å². The number of carbonyl (C=O) groups is 1. The van der Waals surface area contributed by atoms with Crippen LogP contribution in [0, 0.1) is 11.7 Å². The van der Waals surface area contributed by atoms with Gasteiger partial charge in [-0.3, -0.25) is 4.79 Å². The van der Waals surface area contributed by atoms with Crippen molar-refractivity contribution in [2.75, 3.05) is 12.4 Å². The minimum Gasteiger partial charge on any atom is -0.469 e. The Morgan fingerprint density at radius 1 is 1.24 bits per heavy atom. The summed E-state index contributed by atoms with van der Waals surface area (Å²) in [5.74, 6) is 0.00337. The van der Waals surface area contributed by atoms with Gasteiger partial charge in [-0.15, -0.1) is 0 Å². The molecule has 7 heteroatoms. The Labute approximate surface area is 150 Å². The minimum atomic E-state index is -0.311. The molecule has 0 aliphatic heterocycles. The van der Waals surface area contributed by atoms with Crippen molar-refractivity contribution in [1.29, 1.82) is 0 Å². The summed E-state index contributed by atoms with van der Waals surface area (Å²) < 4.78 is 17.9. The van der Waals surface area contributed by atoms with Crippen molar-refractivity contribution in [3.8, 4) is 11.3 Å². The van der Waals surface area contributed by atoms with Crippen molar-refractivity contribution < 1.29 is 13.9 Å². The summed E-state index contributed by atoms with van der Waals surface area (Å²) in [5.41, 5.74) is 1.29. The van der Waals surface area contributed by atoms with E-state index in [1.54, 1.807) is 12.1 Å². The number of carbonyl (C=O) groups excluding carboxylic acids is 1. The summed E-state index contributed by atoms with van der Waals surface area (Å²) in [6, 6.07) is 6.21. The molecule has 0 bridgehead atoms. The highest BCUT2D eigenvalue weighted by Gasteiger charge is 2.27. The predicted molar refractivity (Wildman–Crippen MR) is 93.8 cm³/mol. The molecule has 5 nitrogen and oxygen atoms in total. The number of halogens is 2. The quantitative estimate of drug-likeness (QED) is 0.829. The number of ether oxygens (including phenoxy) is 1. The highest BCUT2D eigenvalue weighted by atomic mass is 35.5. The SMILES string of the molecule is COC(=O)C1CCC(Nc2ncc(Cl)c(-c3ccc(F)cc3)n2)CC1. The maximum Gasteiger partial charge on any atom is 0.308 e. The summed E-state index contributed by atoms with van der Waals surface area (Å²) in [4.78, 5) is 20.3. The van der Waals surface area contributed by atoms with Gasteiger partial charge < -0.3 is 10.1 Å². The third-order valence-electron chi connectivity index (χ3n) is 4.46. The zero-order valence-corrected chi connectivity index (χ0v) is 14.6. The Hall–Kier alpha value is -2.21. The zero-order chi connectivity index (χ0) is 17.8. The normalized spacial score (nSPS) is 20.1. The number of esters is 1. The van der Waals surface area contributed by atoms with Crippen LogP contribution in [0.25, 0.3) is 11.3 Å². The molecule has 2 aromatic rings. The summed E-state index contributed by atoms with van der Waals surface area (Å²) in [7, 11) is 1.42. The molecule has 1 aromatic heterocycles. The van der Waals surface area contributed by atoms with Crippen LogP contribution in [0.5, 0.6) is 0 Å². The number of benzene rings is 1. The van der Waals surface area contributed by atoms with Gasteiger partial charge in [0.15, 0.2) is 0 Å². The van der Waals surface area contributed by atoms with Gasteiger partial charge in [-0.2, -0.15) is 0 Å². The molecule has 0 amide bonds. The number of aromatic nitrogens is 2. The molecule has 1 saturated carbocycles. The second kappa shape index (κ2) is 7.78. The van der Waals surface area contributed by atoms with E-state index in [2.05, 4.69) is 15.3 Å². The molecule has 1 fully saturated rings. The molecule has 1 aliphatic rings. The van der Waals surface area contributed by atoms with Crippen LogP contribution in [0.2, 0.25) is 5.02 Å². The summed E-state index contributed by atoms with van der Waals surface area (Å²) in [6.45, 7) is 0. The summed E-state index contributed by atoms with van der Waals surface area (Å²) in [5, 5.41) is 3.71. The maximum atomic E-state index is 13.1. The Morgan fingerprint density at radius 2 is 1.92 bits per heavy atom. The molecule has 1 aliphatic carbocycles. The van der Waals surface area contributed by atoms with Crippen LogP contribution in [0.15, 0.2) is 30.5 Å². The Balaban J connectivity index is 1.69. The number of methoxy groups -OCH3 is 1. The molecule has 132 valence electrons. The molecule has 25 heavy (non-hydrogen) atoms. The van der Waals surface area contributed by atoms with Crippen molar-refractivity contribution in [2.24, 2.45) is 5.92 Å². The first kappa shape index (κ1) is 17.6. The number of hydrogen-bond donors (Lipinski definition) is 1. The largest absolute Gasteiger partial charge is 0.469 e.